The molecule has 0 spiro atoms. The molecule has 1 aromatic rings. The summed E-state index contributed by atoms with van der Waals surface area (Å²) in [5.41, 5.74) is 3.58. The highest BCUT2D eigenvalue weighted by molar-refractivity contribution is 6.33. The first-order valence-corrected chi connectivity index (χ1v) is 3.71. The summed E-state index contributed by atoms with van der Waals surface area (Å²) in [5.74, 6) is -1.36. The molecule has 0 amide bonds. The molecule has 0 saturated heterocycles. The number of aromatic nitrogens is 1. The van der Waals surface area contributed by atoms with Gasteiger partial charge < -0.3 is 15.4 Å². The lowest BCUT2D eigenvalue weighted by molar-refractivity contribution is -0.142. The van der Waals surface area contributed by atoms with E-state index in [4.69, 9.17) is 27.2 Å². The summed E-state index contributed by atoms with van der Waals surface area (Å²) in [6.45, 7) is 1.08. The summed E-state index contributed by atoms with van der Waals surface area (Å²) in [6.07, 6.45) is -4.61. The van der Waals surface area contributed by atoms with Gasteiger partial charge in [-0.25, -0.2) is 0 Å². The van der Waals surface area contributed by atoms with E-state index in [0.717, 1.165) is 6.92 Å². The molecule has 0 fully saturated rings. The Morgan fingerprint density at radius 2 is 2.00 bits per heavy atom. The number of aliphatic carboxylic acids is 1. The molecule has 3 N–H and O–H groups in total. The summed E-state index contributed by atoms with van der Waals surface area (Å²) in [7, 11) is 0. The maximum atomic E-state index is 11.8. The summed E-state index contributed by atoms with van der Waals surface area (Å²) < 4.78 is 39.4. The van der Waals surface area contributed by atoms with Crippen LogP contribution >= 0.6 is 11.6 Å². The first-order valence-electron chi connectivity index (χ1n) is 3.33. The molecule has 15 heavy (non-hydrogen) atoms. The Morgan fingerprint density at radius 3 is 2.13 bits per heavy atom. The summed E-state index contributed by atoms with van der Waals surface area (Å²) in [5, 5.41) is 9.35. The van der Waals surface area contributed by atoms with E-state index in [1.165, 1.54) is 0 Å². The third kappa shape index (κ3) is 4.54. The predicted octanol–water partition coefficient (Wildman–Crippen LogP) is 2.02. The van der Waals surface area contributed by atoms with Gasteiger partial charge in [0, 0.05) is 6.92 Å². The van der Waals surface area contributed by atoms with E-state index in [9.17, 15) is 13.2 Å². The van der Waals surface area contributed by atoms with Crippen molar-refractivity contribution in [2.45, 2.75) is 13.1 Å². The minimum absolute atomic E-state index is 0.529. The molecule has 0 atom stereocenters. The van der Waals surface area contributed by atoms with E-state index in [-0.39, 0.29) is 0 Å². The fourth-order valence-corrected chi connectivity index (χ4v) is 0.644. The molecule has 0 aliphatic rings. The highest BCUT2D eigenvalue weighted by Crippen LogP contribution is 2.36. The second-order valence-electron chi connectivity index (χ2n) is 2.23. The van der Waals surface area contributed by atoms with E-state index < -0.39 is 28.7 Å². The highest BCUT2D eigenvalue weighted by Gasteiger charge is 2.38. The SMILES string of the molecule is CC(=O)O.Nc1onc(C(F)(F)F)c1Cl. The Kier molecular flexibility index (Phi) is 4.40. The Labute approximate surface area is 86.6 Å². The Balaban J connectivity index is 0.000000423. The highest BCUT2D eigenvalue weighted by atomic mass is 35.5. The number of anilines is 1. The number of nitrogens with zero attached hydrogens (tertiary/aromatic N) is 1. The zero-order valence-corrected chi connectivity index (χ0v) is 8.06. The van der Waals surface area contributed by atoms with Crippen molar-refractivity contribution in [3.63, 3.8) is 0 Å². The standard InChI is InChI=1S/C4H2ClF3N2O.C2H4O2/c5-1-2(4(6,7)8)10-11-3(1)9;1-2(3)4/h9H2;1H3,(H,3,4). The van der Waals surface area contributed by atoms with Crippen molar-refractivity contribution in [3.8, 4) is 0 Å². The summed E-state index contributed by atoms with van der Waals surface area (Å²) in [4.78, 5) is 9.00. The minimum Gasteiger partial charge on any atom is -0.481 e. The molecule has 0 aromatic carbocycles. The molecule has 5 nitrogen and oxygen atoms in total. The summed E-state index contributed by atoms with van der Waals surface area (Å²) in [6, 6.07) is 0. The van der Waals surface area contributed by atoms with Gasteiger partial charge >= 0.3 is 6.18 Å². The Bertz CT molecular complexity index is 346. The van der Waals surface area contributed by atoms with Crippen LogP contribution in [0.2, 0.25) is 5.02 Å². The van der Waals surface area contributed by atoms with Gasteiger partial charge in [0.05, 0.1) is 0 Å². The molecule has 0 bridgehead atoms. The number of rotatable bonds is 0. The maximum Gasteiger partial charge on any atom is 0.438 e. The van der Waals surface area contributed by atoms with Crippen LogP contribution in [0.5, 0.6) is 0 Å². The number of carboxylic acids is 1. The fourth-order valence-electron chi connectivity index (χ4n) is 0.468. The quantitative estimate of drug-likeness (QED) is 0.731. The van der Waals surface area contributed by atoms with E-state index in [2.05, 4.69) is 9.68 Å². The molecule has 1 aromatic heterocycles. The average Bonchev–Trinajstić information content (AvgIpc) is 2.29. The third-order valence-electron chi connectivity index (χ3n) is 0.928. The first-order chi connectivity index (χ1) is 6.66. The van der Waals surface area contributed by atoms with Crippen molar-refractivity contribution in [1.82, 2.24) is 5.16 Å². The van der Waals surface area contributed by atoms with Crippen molar-refractivity contribution in [2.24, 2.45) is 0 Å². The summed E-state index contributed by atoms with van der Waals surface area (Å²) >= 11 is 5.09. The van der Waals surface area contributed by atoms with Crippen LogP contribution < -0.4 is 5.73 Å². The van der Waals surface area contributed by atoms with Gasteiger partial charge in [0.2, 0.25) is 11.6 Å². The maximum absolute atomic E-state index is 11.8. The number of hydrogen-bond acceptors (Lipinski definition) is 4. The van der Waals surface area contributed by atoms with Crippen LogP contribution in [0.1, 0.15) is 12.6 Å². The lowest BCUT2D eigenvalue weighted by Crippen LogP contribution is -2.05. The minimum atomic E-state index is -4.61. The number of hydrogen-bond donors (Lipinski definition) is 2. The van der Waals surface area contributed by atoms with Gasteiger partial charge in [-0.2, -0.15) is 13.2 Å². The number of carbonyl (C=O) groups is 1. The molecule has 0 aliphatic carbocycles. The zero-order chi connectivity index (χ0) is 12.2. The van der Waals surface area contributed by atoms with Crippen LogP contribution in [0, 0.1) is 0 Å². The predicted molar refractivity (Wildman–Crippen MR) is 44.2 cm³/mol. The molecule has 1 heterocycles. The number of carboxylic acid groups (broad SMARTS) is 1. The normalized spacial score (nSPS) is 10.5. The zero-order valence-electron chi connectivity index (χ0n) is 7.30. The van der Waals surface area contributed by atoms with Gasteiger partial charge in [-0.15, -0.1) is 0 Å². The van der Waals surface area contributed by atoms with E-state index in [1.54, 1.807) is 0 Å². The number of nitrogens with two attached hydrogens (primary N) is 1. The Morgan fingerprint density at radius 1 is 1.60 bits per heavy atom. The fraction of sp³-hybridized carbons (Fsp3) is 0.333. The van der Waals surface area contributed by atoms with Crippen LogP contribution in [-0.2, 0) is 11.0 Å². The largest absolute Gasteiger partial charge is 0.481 e. The van der Waals surface area contributed by atoms with E-state index >= 15 is 0 Å². The van der Waals surface area contributed by atoms with E-state index in [0.29, 0.717) is 0 Å². The van der Waals surface area contributed by atoms with Gasteiger partial charge in [-0.3, -0.25) is 4.79 Å². The first kappa shape index (κ1) is 13.6. The molecule has 0 aliphatic heterocycles. The van der Waals surface area contributed by atoms with Crippen molar-refractivity contribution in [1.29, 1.82) is 0 Å². The molecule has 0 saturated carbocycles. The van der Waals surface area contributed by atoms with Crippen molar-refractivity contribution >= 4 is 23.5 Å². The lowest BCUT2D eigenvalue weighted by atomic mass is 10.4. The van der Waals surface area contributed by atoms with Gasteiger partial charge in [-0.05, 0) is 0 Å². The number of halogens is 4. The van der Waals surface area contributed by atoms with Crippen molar-refractivity contribution in [2.75, 3.05) is 5.73 Å². The van der Waals surface area contributed by atoms with Gasteiger partial charge in [0.1, 0.15) is 5.02 Å². The molecular formula is C6H6ClF3N2O3. The van der Waals surface area contributed by atoms with Crippen LogP contribution in [0.25, 0.3) is 0 Å². The monoisotopic (exact) mass is 246 g/mol. The van der Waals surface area contributed by atoms with Crippen LogP contribution in [0.4, 0.5) is 19.1 Å². The van der Waals surface area contributed by atoms with Crippen molar-refractivity contribution in [3.05, 3.63) is 10.7 Å². The second kappa shape index (κ2) is 4.87. The van der Waals surface area contributed by atoms with Gasteiger partial charge in [0.15, 0.2) is 0 Å². The topological polar surface area (TPSA) is 89.3 Å². The smallest absolute Gasteiger partial charge is 0.438 e. The van der Waals surface area contributed by atoms with Crippen LogP contribution in [0.15, 0.2) is 4.52 Å². The molecule has 0 unspecified atom stereocenters. The molecular weight excluding hydrogens is 241 g/mol. The van der Waals surface area contributed by atoms with Gasteiger partial charge in [-0.1, -0.05) is 16.8 Å². The third-order valence-corrected chi connectivity index (χ3v) is 1.29. The second-order valence-corrected chi connectivity index (χ2v) is 2.60. The van der Waals surface area contributed by atoms with Crippen LogP contribution in [-0.4, -0.2) is 16.2 Å². The Hall–Kier alpha value is -1.44. The van der Waals surface area contributed by atoms with Crippen molar-refractivity contribution < 1.29 is 27.6 Å². The average molecular weight is 247 g/mol. The lowest BCUT2D eigenvalue weighted by Gasteiger charge is -1.99. The number of alkyl halides is 3. The molecule has 0 radical (unpaired) electrons. The number of nitrogen functional groups attached to an aromatic ring is 1. The molecule has 9 heteroatoms. The van der Waals surface area contributed by atoms with Crippen LogP contribution in [0.3, 0.4) is 0 Å². The van der Waals surface area contributed by atoms with Gasteiger partial charge in [0.25, 0.3) is 5.97 Å². The molecule has 1 rings (SSSR count). The molecule has 86 valence electrons. The van der Waals surface area contributed by atoms with E-state index in [1.807, 2.05) is 0 Å².